The summed E-state index contributed by atoms with van der Waals surface area (Å²) in [6, 6.07) is 2.04. The lowest BCUT2D eigenvalue weighted by Crippen LogP contribution is -2.17. The van der Waals surface area contributed by atoms with Crippen LogP contribution in [0.1, 0.15) is 56.9 Å². The Balaban J connectivity index is 2.10. The molecule has 0 aromatic carbocycles. The van der Waals surface area contributed by atoms with E-state index in [0.717, 1.165) is 43.6 Å². The molecule has 2 atom stereocenters. The predicted octanol–water partition coefficient (Wildman–Crippen LogP) is 3.28. The second-order valence-electron chi connectivity index (χ2n) is 5.11. The third-order valence-corrected chi connectivity index (χ3v) is 3.61. The third kappa shape index (κ3) is 3.45. The van der Waals surface area contributed by atoms with Crippen LogP contribution in [0.25, 0.3) is 0 Å². The molecule has 0 spiro atoms. The van der Waals surface area contributed by atoms with E-state index in [1.165, 1.54) is 12.8 Å². The SMILES string of the molecule is CCCOc1cncc(C2CCCCCC2O)c1. The minimum absolute atomic E-state index is 0.226. The van der Waals surface area contributed by atoms with Gasteiger partial charge in [0.25, 0.3) is 0 Å². The summed E-state index contributed by atoms with van der Waals surface area (Å²) in [6.07, 6.45) is 9.92. The Morgan fingerprint density at radius 3 is 2.94 bits per heavy atom. The van der Waals surface area contributed by atoms with E-state index in [0.29, 0.717) is 0 Å². The highest BCUT2D eigenvalue weighted by Crippen LogP contribution is 2.32. The highest BCUT2D eigenvalue weighted by atomic mass is 16.5. The molecule has 2 unspecified atom stereocenters. The topological polar surface area (TPSA) is 42.4 Å². The van der Waals surface area contributed by atoms with Crippen molar-refractivity contribution in [1.82, 2.24) is 4.98 Å². The molecular formula is C15H23NO2. The Labute approximate surface area is 109 Å². The van der Waals surface area contributed by atoms with Gasteiger partial charge < -0.3 is 9.84 Å². The van der Waals surface area contributed by atoms with Crippen molar-refractivity contribution in [1.29, 1.82) is 0 Å². The zero-order valence-corrected chi connectivity index (χ0v) is 11.1. The van der Waals surface area contributed by atoms with Gasteiger partial charge in [-0.05, 0) is 30.9 Å². The van der Waals surface area contributed by atoms with Crippen molar-refractivity contribution in [2.75, 3.05) is 6.61 Å². The van der Waals surface area contributed by atoms with Gasteiger partial charge in [-0.1, -0.05) is 26.2 Å². The first kappa shape index (κ1) is 13.3. The van der Waals surface area contributed by atoms with Crippen LogP contribution in [0.15, 0.2) is 18.5 Å². The van der Waals surface area contributed by atoms with E-state index >= 15 is 0 Å². The molecule has 2 rings (SSSR count). The summed E-state index contributed by atoms with van der Waals surface area (Å²) in [5, 5.41) is 10.2. The lowest BCUT2D eigenvalue weighted by Gasteiger charge is -2.20. The van der Waals surface area contributed by atoms with E-state index in [-0.39, 0.29) is 12.0 Å². The molecule has 1 aliphatic carbocycles. The molecule has 0 saturated heterocycles. The normalized spacial score (nSPS) is 24.6. The minimum Gasteiger partial charge on any atom is -0.492 e. The van der Waals surface area contributed by atoms with Crippen LogP contribution < -0.4 is 4.74 Å². The number of nitrogens with zero attached hydrogens (tertiary/aromatic N) is 1. The van der Waals surface area contributed by atoms with Gasteiger partial charge in [0, 0.05) is 12.1 Å². The summed E-state index contributed by atoms with van der Waals surface area (Å²) in [4.78, 5) is 4.24. The molecule has 1 heterocycles. The van der Waals surface area contributed by atoms with Crippen LogP contribution in [0.4, 0.5) is 0 Å². The van der Waals surface area contributed by atoms with Gasteiger partial charge in [0.05, 0.1) is 18.9 Å². The first-order valence-corrected chi connectivity index (χ1v) is 7.07. The maximum Gasteiger partial charge on any atom is 0.137 e. The van der Waals surface area contributed by atoms with Crippen LogP contribution in [0.2, 0.25) is 0 Å². The van der Waals surface area contributed by atoms with Gasteiger partial charge in [0.1, 0.15) is 5.75 Å². The molecular weight excluding hydrogens is 226 g/mol. The molecule has 1 aromatic heterocycles. The largest absolute Gasteiger partial charge is 0.492 e. The fraction of sp³-hybridized carbons (Fsp3) is 0.667. The Morgan fingerprint density at radius 1 is 1.28 bits per heavy atom. The number of aromatic nitrogens is 1. The minimum atomic E-state index is -0.226. The molecule has 3 nitrogen and oxygen atoms in total. The van der Waals surface area contributed by atoms with E-state index in [4.69, 9.17) is 4.74 Å². The van der Waals surface area contributed by atoms with Crippen molar-refractivity contribution in [3.63, 3.8) is 0 Å². The lowest BCUT2D eigenvalue weighted by molar-refractivity contribution is 0.135. The summed E-state index contributed by atoms with van der Waals surface area (Å²) >= 11 is 0. The number of pyridine rings is 1. The summed E-state index contributed by atoms with van der Waals surface area (Å²) in [6.45, 7) is 2.81. The standard InChI is InChI=1S/C15H23NO2/c1-2-8-18-13-9-12(10-16-11-13)14-6-4-3-5-7-15(14)17/h9-11,14-15,17H,2-8H2,1H3. The summed E-state index contributed by atoms with van der Waals surface area (Å²) in [7, 11) is 0. The van der Waals surface area contributed by atoms with Gasteiger partial charge in [-0.15, -0.1) is 0 Å². The molecule has 18 heavy (non-hydrogen) atoms. The van der Waals surface area contributed by atoms with Gasteiger partial charge in [-0.3, -0.25) is 4.98 Å². The number of aliphatic hydroxyl groups is 1. The van der Waals surface area contributed by atoms with E-state index < -0.39 is 0 Å². The van der Waals surface area contributed by atoms with Crippen LogP contribution in [-0.2, 0) is 0 Å². The number of ether oxygens (including phenoxy) is 1. The molecule has 0 bridgehead atoms. The number of rotatable bonds is 4. The number of hydrogen-bond acceptors (Lipinski definition) is 3. The van der Waals surface area contributed by atoms with Crippen molar-refractivity contribution < 1.29 is 9.84 Å². The quantitative estimate of drug-likeness (QED) is 0.833. The highest BCUT2D eigenvalue weighted by Gasteiger charge is 2.23. The molecule has 0 radical (unpaired) electrons. The zero-order valence-electron chi connectivity index (χ0n) is 11.1. The second-order valence-corrected chi connectivity index (χ2v) is 5.11. The van der Waals surface area contributed by atoms with Gasteiger partial charge in [0.15, 0.2) is 0 Å². The van der Waals surface area contributed by atoms with Crippen molar-refractivity contribution in [3.8, 4) is 5.75 Å². The fourth-order valence-electron chi connectivity index (χ4n) is 2.61. The van der Waals surface area contributed by atoms with Crippen molar-refractivity contribution >= 4 is 0 Å². The predicted molar refractivity (Wildman–Crippen MR) is 71.9 cm³/mol. The van der Waals surface area contributed by atoms with Crippen LogP contribution in [0.5, 0.6) is 5.75 Å². The van der Waals surface area contributed by atoms with Crippen LogP contribution in [0.3, 0.4) is 0 Å². The molecule has 1 aromatic rings. The third-order valence-electron chi connectivity index (χ3n) is 3.61. The van der Waals surface area contributed by atoms with E-state index in [1.54, 1.807) is 6.20 Å². The Hall–Kier alpha value is -1.09. The van der Waals surface area contributed by atoms with Gasteiger partial charge in [0.2, 0.25) is 0 Å². The van der Waals surface area contributed by atoms with Crippen molar-refractivity contribution in [2.45, 2.75) is 57.5 Å². The monoisotopic (exact) mass is 249 g/mol. The average Bonchev–Trinajstić information content (AvgIpc) is 2.61. The molecule has 100 valence electrons. The van der Waals surface area contributed by atoms with Crippen LogP contribution in [-0.4, -0.2) is 22.8 Å². The zero-order chi connectivity index (χ0) is 12.8. The molecule has 3 heteroatoms. The maximum atomic E-state index is 10.2. The Morgan fingerprint density at radius 2 is 2.11 bits per heavy atom. The van der Waals surface area contributed by atoms with Crippen LogP contribution in [0, 0.1) is 0 Å². The highest BCUT2D eigenvalue weighted by molar-refractivity contribution is 5.27. The van der Waals surface area contributed by atoms with Crippen LogP contribution >= 0.6 is 0 Å². The van der Waals surface area contributed by atoms with Gasteiger partial charge in [-0.2, -0.15) is 0 Å². The van der Waals surface area contributed by atoms with E-state index in [9.17, 15) is 5.11 Å². The Kier molecular flexibility index (Phi) is 5.00. The molecule has 1 saturated carbocycles. The summed E-state index contributed by atoms with van der Waals surface area (Å²) < 4.78 is 5.61. The van der Waals surface area contributed by atoms with E-state index in [2.05, 4.69) is 11.9 Å². The summed E-state index contributed by atoms with van der Waals surface area (Å²) in [5.74, 6) is 1.05. The molecule has 0 aliphatic heterocycles. The van der Waals surface area contributed by atoms with Gasteiger partial charge >= 0.3 is 0 Å². The molecule has 1 aliphatic rings. The Bertz CT molecular complexity index is 367. The first-order valence-electron chi connectivity index (χ1n) is 7.07. The van der Waals surface area contributed by atoms with Crippen molar-refractivity contribution in [3.05, 3.63) is 24.0 Å². The molecule has 0 amide bonds. The molecule has 1 N–H and O–H groups in total. The van der Waals surface area contributed by atoms with Gasteiger partial charge in [-0.25, -0.2) is 0 Å². The number of aliphatic hydroxyl groups excluding tert-OH is 1. The fourth-order valence-corrected chi connectivity index (χ4v) is 2.61. The first-order chi connectivity index (χ1) is 8.81. The summed E-state index contributed by atoms with van der Waals surface area (Å²) in [5.41, 5.74) is 1.12. The average molecular weight is 249 g/mol. The number of hydrogen-bond donors (Lipinski definition) is 1. The van der Waals surface area contributed by atoms with E-state index in [1.807, 2.05) is 12.3 Å². The second kappa shape index (κ2) is 6.74. The lowest BCUT2D eigenvalue weighted by atomic mass is 9.90. The van der Waals surface area contributed by atoms with Crippen molar-refractivity contribution in [2.24, 2.45) is 0 Å². The molecule has 1 fully saturated rings. The maximum absolute atomic E-state index is 10.2. The smallest absolute Gasteiger partial charge is 0.137 e.